The minimum absolute atomic E-state index is 0.127. The minimum Gasteiger partial charge on any atom is -0.489 e. The van der Waals surface area contributed by atoms with Gasteiger partial charge in [0.1, 0.15) is 47.7 Å². The van der Waals surface area contributed by atoms with E-state index in [1.165, 1.54) is 17.0 Å². The second-order valence-electron chi connectivity index (χ2n) is 20.6. The smallest absolute Gasteiger partial charge is 0.246 e. The van der Waals surface area contributed by atoms with Crippen molar-refractivity contribution in [3.8, 4) is 5.75 Å². The molecule has 0 aromatic heterocycles. The summed E-state index contributed by atoms with van der Waals surface area (Å²) >= 11 is 0. The summed E-state index contributed by atoms with van der Waals surface area (Å²) in [6, 6.07) is 10.6. The maximum atomic E-state index is 14.4. The van der Waals surface area contributed by atoms with Crippen LogP contribution in [0, 0.1) is 22.6 Å². The van der Waals surface area contributed by atoms with Crippen molar-refractivity contribution in [2.24, 2.45) is 16.3 Å². The number of carbonyl (C=O) groups is 6. The molecule has 6 amide bonds. The first-order valence-corrected chi connectivity index (χ1v) is 26.0. The number of rotatable bonds is 22. The Balaban J connectivity index is 1.06. The molecule has 19 heteroatoms. The molecule has 18 nitrogen and oxygen atoms in total. The molecule has 0 radical (unpaired) electrons. The van der Waals surface area contributed by atoms with E-state index in [0.717, 1.165) is 37.5 Å². The van der Waals surface area contributed by atoms with Crippen LogP contribution in [0.4, 0.5) is 4.39 Å². The van der Waals surface area contributed by atoms with Gasteiger partial charge in [-0.25, -0.2) is 4.39 Å². The normalized spacial score (nSPS) is 22.2. The number of unbranched alkanes of at least 4 members (excludes halogenated alkanes) is 5. The van der Waals surface area contributed by atoms with E-state index in [-0.39, 0.29) is 86.5 Å². The van der Waals surface area contributed by atoms with Crippen LogP contribution in [-0.2, 0) is 28.8 Å². The Labute approximate surface area is 430 Å². The number of benzene rings is 2. The lowest BCUT2D eigenvalue weighted by atomic mass is 9.85. The van der Waals surface area contributed by atoms with Gasteiger partial charge in [0.25, 0.3) is 0 Å². The zero-order valence-electron chi connectivity index (χ0n) is 44.0. The molecule has 0 spiro atoms. The lowest BCUT2D eigenvalue weighted by Gasteiger charge is -2.36. The van der Waals surface area contributed by atoms with Crippen LogP contribution >= 0.6 is 0 Å². The summed E-state index contributed by atoms with van der Waals surface area (Å²) in [5.41, 5.74) is 0.879. The number of likely N-dealkylation sites (tertiary alicyclic amines) is 1. The number of hydrogen-bond donors (Lipinski definition) is 8. The van der Waals surface area contributed by atoms with E-state index >= 15 is 0 Å². The zero-order chi connectivity index (χ0) is 53.2. The highest BCUT2D eigenvalue weighted by atomic mass is 19.1. The van der Waals surface area contributed by atoms with Crippen molar-refractivity contribution in [1.29, 1.82) is 5.41 Å². The fraction of sp³-hybridized carbons (Fsp3) is 0.593. The highest BCUT2D eigenvalue weighted by molar-refractivity contribution is 5.95. The maximum Gasteiger partial charge on any atom is 0.246 e. The van der Waals surface area contributed by atoms with Crippen molar-refractivity contribution in [2.45, 2.75) is 161 Å². The van der Waals surface area contributed by atoms with Gasteiger partial charge in [-0.05, 0) is 88.8 Å². The van der Waals surface area contributed by atoms with Crippen molar-refractivity contribution < 1.29 is 37.9 Å². The van der Waals surface area contributed by atoms with Crippen molar-refractivity contribution in [3.63, 3.8) is 0 Å². The SMILES string of the molecule is CCC(NC(=O)[C@@H]1C[C@H](NC(=O)CCCCCCCCC(=O)NCCN2CC(C)Oc3ccc(F)cc3[C@@H](C)NC3=CC=NC(N3)C(C=N)C2=O)CN1C(=O)[C@@H](NC(=O)[C@H](C)NC)C(C)(C)C)c1ccccc1. The quantitative estimate of drug-likeness (QED) is 0.0585. The molecule has 2 bridgehead atoms. The molecule has 1 saturated heterocycles. The predicted molar refractivity (Wildman–Crippen MR) is 280 cm³/mol. The average Bonchev–Trinajstić information content (AvgIpc) is 3.79. The number of halogens is 1. The molecule has 73 heavy (non-hydrogen) atoms. The fourth-order valence-corrected chi connectivity index (χ4v) is 9.38. The zero-order valence-corrected chi connectivity index (χ0v) is 44.0. The maximum absolute atomic E-state index is 14.4. The molecule has 0 saturated carbocycles. The highest BCUT2D eigenvalue weighted by Gasteiger charge is 2.46. The Bertz CT molecular complexity index is 2270. The molecule has 4 unspecified atom stereocenters. The standard InChI is InChI=1S/C54H80FN11O7/c1-9-42(37-19-15-14-16-20-37)62-51(70)43-30-39(33-66(43)53(72)48(54(5,6)7)64-50(69)36(4)57-8)61-47(68)22-18-13-11-10-12-17-21-46(67)58-27-28-65-32-34(2)73-44-24-23-38(55)29-40(44)35(3)60-45-25-26-59-49(63-45)41(31-56)52(65)71/h14-16,19-20,23-26,29,31,34-36,39,41-43,48-49,56-57,60,63H,9-13,17-18,21-22,27-28,30,32-33H2,1-8H3,(H,58,67)(H,61,68)(H,62,70)(H,64,69)/t34?,35-,36+,39+,41?,42?,43+,48-,49?/m1/s1. The van der Waals surface area contributed by atoms with Crippen LogP contribution in [0.15, 0.2) is 65.4 Å². The topological polar surface area (TPSA) is 239 Å². The Morgan fingerprint density at radius 3 is 2.29 bits per heavy atom. The number of likely N-dealkylation sites (N-methyl/N-ethyl adjacent to an activating group) is 1. The van der Waals surface area contributed by atoms with Crippen LogP contribution < -0.4 is 42.0 Å². The summed E-state index contributed by atoms with van der Waals surface area (Å²) in [6.07, 6.45) is 9.32. The average molecular weight is 1010 g/mol. The second-order valence-corrected chi connectivity index (χ2v) is 20.6. The van der Waals surface area contributed by atoms with Crippen molar-refractivity contribution >= 4 is 47.9 Å². The molecular weight excluding hydrogens is 934 g/mol. The number of ether oxygens (including phenoxy) is 1. The van der Waals surface area contributed by atoms with Crippen LogP contribution in [-0.4, -0.2) is 127 Å². The number of allylic oxidation sites excluding steroid dienone is 1. The minimum atomic E-state index is -0.932. The van der Waals surface area contributed by atoms with Gasteiger partial charge in [0.05, 0.1) is 24.7 Å². The van der Waals surface area contributed by atoms with E-state index in [1.54, 1.807) is 37.2 Å². The van der Waals surface area contributed by atoms with E-state index in [1.807, 2.05) is 71.9 Å². The van der Waals surface area contributed by atoms with Gasteiger partial charge < -0.3 is 57.2 Å². The summed E-state index contributed by atoms with van der Waals surface area (Å²) < 4.78 is 20.7. The number of nitrogens with zero attached hydrogens (tertiary/aromatic N) is 3. The summed E-state index contributed by atoms with van der Waals surface area (Å²) in [5, 5.41) is 29.6. The van der Waals surface area contributed by atoms with Gasteiger partial charge in [-0.1, -0.05) is 83.7 Å². The number of aliphatic imine (C=N–C) groups is 1. The lowest BCUT2D eigenvalue weighted by Crippen LogP contribution is -2.59. The van der Waals surface area contributed by atoms with E-state index < -0.39 is 53.6 Å². The lowest BCUT2D eigenvalue weighted by molar-refractivity contribution is -0.144. The third kappa shape index (κ3) is 16.8. The molecule has 8 N–H and O–H groups in total. The Morgan fingerprint density at radius 1 is 0.945 bits per heavy atom. The number of fused-ring (bicyclic) bond motifs is 3. The molecule has 5 rings (SSSR count). The van der Waals surface area contributed by atoms with Gasteiger partial charge in [0, 0.05) is 56.5 Å². The largest absolute Gasteiger partial charge is 0.489 e. The van der Waals surface area contributed by atoms with Crippen LogP contribution in [0.2, 0.25) is 0 Å². The van der Waals surface area contributed by atoms with Gasteiger partial charge in [-0.2, -0.15) is 0 Å². The molecule has 2 aromatic carbocycles. The first-order chi connectivity index (χ1) is 34.8. The van der Waals surface area contributed by atoms with E-state index in [0.29, 0.717) is 42.8 Å². The van der Waals surface area contributed by atoms with Gasteiger partial charge in [0.2, 0.25) is 35.4 Å². The molecule has 3 aliphatic rings. The molecule has 9 atom stereocenters. The number of nitrogens with one attached hydrogen (secondary N) is 8. The second kappa shape index (κ2) is 27.6. The summed E-state index contributed by atoms with van der Waals surface area (Å²) in [5.74, 6) is -1.96. The number of carbonyl (C=O) groups excluding carboxylic acids is 6. The van der Waals surface area contributed by atoms with E-state index in [2.05, 4.69) is 42.2 Å². The molecule has 0 aliphatic carbocycles. The molecule has 1 fully saturated rings. The Hall–Kier alpha value is -6.37. The molecule has 2 aromatic rings. The third-order valence-electron chi connectivity index (χ3n) is 13.7. The summed E-state index contributed by atoms with van der Waals surface area (Å²) in [7, 11) is 1.67. The molecular formula is C54H80FN11O7. The molecule has 3 heterocycles. The monoisotopic (exact) mass is 1010 g/mol. The van der Waals surface area contributed by atoms with E-state index in [4.69, 9.17) is 10.1 Å². The Morgan fingerprint density at radius 2 is 1.63 bits per heavy atom. The van der Waals surface area contributed by atoms with Gasteiger partial charge in [-0.15, -0.1) is 0 Å². The number of hydrogen-bond acceptors (Lipinski definition) is 12. The first-order valence-electron chi connectivity index (χ1n) is 26.0. The first kappa shape index (κ1) is 57.5. The summed E-state index contributed by atoms with van der Waals surface area (Å²) in [6.45, 7) is 13.6. The Kier molecular flexibility index (Phi) is 21.8. The fourth-order valence-electron chi connectivity index (χ4n) is 9.38. The van der Waals surface area contributed by atoms with Gasteiger partial charge >= 0.3 is 0 Å². The van der Waals surface area contributed by atoms with Crippen LogP contribution in [0.25, 0.3) is 0 Å². The van der Waals surface area contributed by atoms with Crippen molar-refractivity contribution in [2.75, 3.05) is 33.2 Å². The summed E-state index contributed by atoms with van der Waals surface area (Å²) in [4.78, 5) is 89.2. The van der Waals surface area contributed by atoms with E-state index in [9.17, 15) is 33.2 Å². The van der Waals surface area contributed by atoms with Gasteiger partial charge in [0.15, 0.2) is 0 Å². The highest BCUT2D eigenvalue weighted by Crippen LogP contribution is 2.30. The molecule has 3 aliphatic heterocycles. The molecule has 400 valence electrons. The predicted octanol–water partition coefficient (Wildman–Crippen LogP) is 4.92. The van der Waals surface area contributed by atoms with Crippen molar-refractivity contribution in [3.05, 3.63) is 77.4 Å². The van der Waals surface area contributed by atoms with Crippen molar-refractivity contribution in [1.82, 2.24) is 47.0 Å². The van der Waals surface area contributed by atoms with Crippen LogP contribution in [0.3, 0.4) is 0 Å². The van der Waals surface area contributed by atoms with Crippen LogP contribution in [0.1, 0.15) is 136 Å². The van der Waals surface area contributed by atoms with Gasteiger partial charge in [-0.3, -0.25) is 33.8 Å². The van der Waals surface area contributed by atoms with Crippen LogP contribution in [0.5, 0.6) is 5.75 Å². The third-order valence-corrected chi connectivity index (χ3v) is 13.7. The number of amides is 6.